The van der Waals surface area contributed by atoms with E-state index >= 15 is 0 Å². The number of rotatable bonds is 7. The summed E-state index contributed by atoms with van der Waals surface area (Å²) >= 11 is 6.11. The quantitative estimate of drug-likeness (QED) is 0.382. The predicted octanol–water partition coefficient (Wildman–Crippen LogP) is 6.44. The van der Waals surface area contributed by atoms with E-state index in [2.05, 4.69) is 32.6 Å². The van der Waals surface area contributed by atoms with E-state index in [9.17, 15) is 4.79 Å². The Labute approximate surface area is 178 Å². The lowest BCUT2D eigenvalue weighted by atomic mass is 9.72. The van der Waals surface area contributed by atoms with Gasteiger partial charge in [-0.3, -0.25) is 0 Å². The molecule has 1 aromatic carbocycles. The van der Waals surface area contributed by atoms with Gasteiger partial charge in [-0.05, 0) is 76.4 Å². The second kappa shape index (κ2) is 15.0. The second-order valence-electron chi connectivity index (χ2n) is 7.56. The minimum atomic E-state index is -0.347. The van der Waals surface area contributed by atoms with Crippen LogP contribution < -0.4 is 0 Å². The van der Waals surface area contributed by atoms with Gasteiger partial charge in [0.1, 0.15) is 6.29 Å². The molecule has 3 nitrogen and oxygen atoms in total. The first-order valence-electron chi connectivity index (χ1n) is 10.9. The van der Waals surface area contributed by atoms with E-state index in [4.69, 9.17) is 16.3 Å². The van der Waals surface area contributed by atoms with Crippen molar-refractivity contribution in [2.24, 2.45) is 0 Å². The van der Waals surface area contributed by atoms with Gasteiger partial charge in [-0.25, -0.2) is 0 Å². The molecule has 1 saturated heterocycles. The summed E-state index contributed by atoms with van der Waals surface area (Å²) in [5.74, 6) is 0. The van der Waals surface area contributed by atoms with E-state index in [0.29, 0.717) is 11.1 Å². The highest BCUT2D eigenvalue weighted by Gasteiger charge is 2.37. The fourth-order valence-electron chi connectivity index (χ4n) is 3.52. The third-order valence-electron chi connectivity index (χ3n) is 5.33. The highest BCUT2D eigenvalue weighted by molar-refractivity contribution is 6.30. The SMILES string of the molecule is CC.CCCCCOC.Cc1ccc(Cl)cc1C1(C=O)CCN(C(C)C)CC1. The average molecular weight is 412 g/mol. The molecule has 1 fully saturated rings. The Bertz CT molecular complexity index is 533. The van der Waals surface area contributed by atoms with Crippen molar-refractivity contribution in [3.8, 4) is 0 Å². The van der Waals surface area contributed by atoms with Gasteiger partial charge in [0.05, 0.1) is 5.41 Å². The summed E-state index contributed by atoms with van der Waals surface area (Å²) in [6.07, 6.45) is 6.71. The van der Waals surface area contributed by atoms with E-state index in [1.807, 2.05) is 32.0 Å². The summed E-state index contributed by atoms with van der Waals surface area (Å²) < 4.78 is 4.84. The molecule has 0 saturated carbocycles. The smallest absolute Gasteiger partial charge is 0.130 e. The van der Waals surface area contributed by atoms with Crippen LogP contribution in [0.4, 0.5) is 0 Å². The van der Waals surface area contributed by atoms with Crippen molar-refractivity contribution >= 4 is 17.9 Å². The molecule has 4 heteroatoms. The highest BCUT2D eigenvalue weighted by atomic mass is 35.5. The molecule has 0 spiro atoms. The van der Waals surface area contributed by atoms with Crippen molar-refractivity contribution in [3.05, 3.63) is 34.3 Å². The van der Waals surface area contributed by atoms with Gasteiger partial charge < -0.3 is 14.4 Å². The number of unbranched alkanes of at least 4 members (excludes halogenated alkanes) is 2. The van der Waals surface area contributed by atoms with Gasteiger partial charge in [-0.2, -0.15) is 0 Å². The van der Waals surface area contributed by atoms with Gasteiger partial charge in [-0.1, -0.05) is 51.3 Å². The zero-order valence-corrected chi connectivity index (χ0v) is 19.9. The lowest BCUT2D eigenvalue weighted by Crippen LogP contribution is -2.46. The Morgan fingerprint density at radius 1 is 1.21 bits per heavy atom. The maximum absolute atomic E-state index is 11.8. The van der Waals surface area contributed by atoms with E-state index in [1.54, 1.807) is 7.11 Å². The predicted molar refractivity (Wildman–Crippen MR) is 123 cm³/mol. The number of nitrogens with zero attached hydrogens (tertiary/aromatic N) is 1. The van der Waals surface area contributed by atoms with Gasteiger partial charge in [0, 0.05) is 24.8 Å². The standard InChI is InChI=1S/C16H22ClNO.C6H14O.C2H6/c1-12(2)18-8-6-16(11-19,7-9-18)15-10-14(17)5-4-13(15)3;1-3-4-5-6-7-2;1-2/h4-5,10-12H,6-9H2,1-3H3;3-6H2,1-2H3;1-2H3. The summed E-state index contributed by atoms with van der Waals surface area (Å²) in [4.78, 5) is 14.2. The van der Waals surface area contributed by atoms with E-state index in [0.717, 1.165) is 50.0 Å². The maximum atomic E-state index is 11.8. The van der Waals surface area contributed by atoms with Crippen LogP contribution in [0.15, 0.2) is 18.2 Å². The number of benzene rings is 1. The van der Waals surface area contributed by atoms with Crippen LogP contribution in [0, 0.1) is 6.92 Å². The van der Waals surface area contributed by atoms with Crippen molar-refractivity contribution in [2.45, 2.75) is 85.1 Å². The fourth-order valence-corrected chi connectivity index (χ4v) is 3.69. The number of likely N-dealkylation sites (tertiary alicyclic amines) is 1. The van der Waals surface area contributed by atoms with Gasteiger partial charge >= 0.3 is 0 Å². The lowest BCUT2D eigenvalue weighted by molar-refractivity contribution is -0.114. The van der Waals surface area contributed by atoms with Crippen molar-refractivity contribution in [1.29, 1.82) is 0 Å². The number of methoxy groups -OCH3 is 1. The molecule has 0 atom stereocenters. The fraction of sp³-hybridized carbons (Fsp3) is 0.708. The third kappa shape index (κ3) is 8.63. The molecule has 0 N–H and O–H groups in total. The minimum Gasteiger partial charge on any atom is -0.385 e. The number of aryl methyl sites for hydroxylation is 1. The van der Waals surface area contributed by atoms with Crippen LogP contribution in [-0.4, -0.2) is 44.0 Å². The molecule has 0 radical (unpaired) electrons. The van der Waals surface area contributed by atoms with Crippen molar-refractivity contribution in [3.63, 3.8) is 0 Å². The molecule has 1 aliphatic rings. The number of carbonyl (C=O) groups is 1. The molecule has 0 aliphatic carbocycles. The first-order valence-corrected chi connectivity index (χ1v) is 11.2. The highest BCUT2D eigenvalue weighted by Crippen LogP contribution is 2.37. The number of aldehydes is 1. The number of ether oxygens (including phenoxy) is 1. The molecule has 2 rings (SSSR count). The monoisotopic (exact) mass is 411 g/mol. The van der Waals surface area contributed by atoms with Crippen LogP contribution in [0.1, 0.15) is 77.8 Å². The lowest BCUT2D eigenvalue weighted by Gasteiger charge is -2.41. The van der Waals surface area contributed by atoms with Gasteiger partial charge in [0.2, 0.25) is 0 Å². The number of halogens is 1. The summed E-state index contributed by atoms with van der Waals surface area (Å²) in [6, 6.07) is 6.42. The van der Waals surface area contributed by atoms with Crippen LogP contribution in [0.25, 0.3) is 0 Å². The van der Waals surface area contributed by atoms with E-state index in [-0.39, 0.29) is 5.41 Å². The Hall–Kier alpha value is -0.900. The van der Waals surface area contributed by atoms with Crippen LogP contribution >= 0.6 is 11.6 Å². The minimum absolute atomic E-state index is 0.347. The zero-order valence-electron chi connectivity index (χ0n) is 19.2. The molecule has 162 valence electrons. The molecule has 1 heterocycles. The number of piperidine rings is 1. The molecule has 0 aromatic heterocycles. The summed E-state index contributed by atoms with van der Waals surface area (Å²) in [5, 5.41) is 0.716. The summed E-state index contributed by atoms with van der Waals surface area (Å²) in [7, 11) is 1.75. The normalized spacial score (nSPS) is 15.9. The molecule has 0 unspecified atom stereocenters. The van der Waals surface area contributed by atoms with Crippen LogP contribution in [0.2, 0.25) is 5.02 Å². The topological polar surface area (TPSA) is 29.5 Å². The average Bonchev–Trinajstić information content (AvgIpc) is 2.72. The molecule has 0 amide bonds. The van der Waals surface area contributed by atoms with Crippen molar-refractivity contribution in [1.82, 2.24) is 4.90 Å². The molecule has 28 heavy (non-hydrogen) atoms. The summed E-state index contributed by atoms with van der Waals surface area (Å²) in [5.41, 5.74) is 1.92. The number of hydrogen-bond acceptors (Lipinski definition) is 3. The van der Waals surface area contributed by atoms with Gasteiger partial charge in [0.15, 0.2) is 0 Å². The first kappa shape index (κ1) is 27.1. The van der Waals surface area contributed by atoms with Crippen molar-refractivity contribution in [2.75, 3.05) is 26.8 Å². The Kier molecular flexibility index (Phi) is 14.5. The van der Waals surface area contributed by atoms with Crippen LogP contribution in [0.5, 0.6) is 0 Å². The Balaban J connectivity index is 0.000000688. The maximum Gasteiger partial charge on any atom is 0.130 e. The van der Waals surface area contributed by atoms with Crippen LogP contribution in [0.3, 0.4) is 0 Å². The summed E-state index contributed by atoms with van der Waals surface area (Å²) in [6.45, 7) is 15.5. The third-order valence-corrected chi connectivity index (χ3v) is 5.57. The van der Waals surface area contributed by atoms with Gasteiger partial charge in [0.25, 0.3) is 0 Å². The molecular weight excluding hydrogens is 370 g/mol. The number of hydrogen-bond donors (Lipinski definition) is 0. The molecule has 1 aliphatic heterocycles. The Morgan fingerprint density at radius 3 is 2.29 bits per heavy atom. The van der Waals surface area contributed by atoms with Crippen molar-refractivity contribution < 1.29 is 9.53 Å². The first-order chi connectivity index (χ1) is 13.4. The van der Waals surface area contributed by atoms with Crippen LogP contribution in [-0.2, 0) is 14.9 Å². The van der Waals surface area contributed by atoms with Gasteiger partial charge in [-0.15, -0.1) is 0 Å². The molecule has 0 bridgehead atoms. The second-order valence-corrected chi connectivity index (χ2v) is 8.00. The number of carbonyl (C=O) groups excluding carboxylic acids is 1. The largest absolute Gasteiger partial charge is 0.385 e. The Morgan fingerprint density at radius 2 is 1.82 bits per heavy atom. The van der Waals surface area contributed by atoms with E-state index in [1.165, 1.54) is 19.3 Å². The van der Waals surface area contributed by atoms with E-state index < -0.39 is 0 Å². The molecule has 1 aromatic rings. The molecular formula is C24H42ClNO2. The zero-order chi connectivity index (χ0) is 21.6.